The first-order valence-corrected chi connectivity index (χ1v) is 8.82. The largest absolute Gasteiger partial charge is 0.493 e. The Hall–Kier alpha value is -2.75. The summed E-state index contributed by atoms with van der Waals surface area (Å²) < 4.78 is 11.1. The lowest BCUT2D eigenvalue weighted by Gasteiger charge is -2.12. The molecule has 0 aromatic heterocycles. The molecule has 4 heteroatoms. The molecule has 1 N–H and O–H groups in total. The van der Waals surface area contributed by atoms with E-state index in [1.807, 2.05) is 68.5 Å². The molecule has 2 rings (SSSR count). The van der Waals surface area contributed by atoms with Crippen molar-refractivity contribution in [2.24, 2.45) is 0 Å². The zero-order chi connectivity index (χ0) is 18.8. The third-order valence-electron chi connectivity index (χ3n) is 3.90. The lowest BCUT2D eigenvalue weighted by atomic mass is 10.1. The molecule has 0 saturated heterocycles. The predicted octanol–water partition coefficient (Wildman–Crippen LogP) is 3.94. The predicted molar refractivity (Wildman–Crippen MR) is 105 cm³/mol. The van der Waals surface area contributed by atoms with Crippen molar-refractivity contribution in [2.45, 2.75) is 26.7 Å². The summed E-state index contributed by atoms with van der Waals surface area (Å²) in [6, 6.07) is 15.6. The summed E-state index contributed by atoms with van der Waals surface area (Å²) in [5.41, 5.74) is 3.32. The molecule has 0 fully saturated rings. The average molecular weight is 353 g/mol. The summed E-state index contributed by atoms with van der Waals surface area (Å²) in [4.78, 5) is 12.0. The molecule has 0 atom stereocenters. The molecule has 0 aliphatic rings. The van der Waals surface area contributed by atoms with E-state index in [4.69, 9.17) is 9.47 Å². The number of amides is 1. The Balaban J connectivity index is 1.86. The van der Waals surface area contributed by atoms with Gasteiger partial charge in [0.1, 0.15) is 6.61 Å². The van der Waals surface area contributed by atoms with E-state index < -0.39 is 0 Å². The van der Waals surface area contributed by atoms with Crippen LogP contribution in [0.5, 0.6) is 11.5 Å². The van der Waals surface area contributed by atoms with Crippen molar-refractivity contribution < 1.29 is 14.3 Å². The number of methoxy groups -OCH3 is 1. The molecule has 0 radical (unpaired) electrons. The van der Waals surface area contributed by atoms with Crippen LogP contribution in [0.25, 0.3) is 0 Å². The fraction of sp³-hybridized carbons (Fsp3) is 0.318. The molecule has 0 bridgehead atoms. The van der Waals surface area contributed by atoms with Gasteiger partial charge >= 0.3 is 0 Å². The van der Waals surface area contributed by atoms with Crippen LogP contribution in [0.4, 0.5) is 0 Å². The Morgan fingerprint density at radius 1 is 1.04 bits per heavy atom. The van der Waals surface area contributed by atoms with Gasteiger partial charge in [0.15, 0.2) is 11.5 Å². The second-order valence-corrected chi connectivity index (χ2v) is 6.34. The van der Waals surface area contributed by atoms with Gasteiger partial charge in [0.25, 0.3) is 0 Å². The van der Waals surface area contributed by atoms with E-state index in [0.29, 0.717) is 25.3 Å². The average Bonchev–Trinajstić information content (AvgIpc) is 2.62. The molecule has 138 valence electrons. The van der Waals surface area contributed by atoms with E-state index >= 15 is 0 Å². The maximum atomic E-state index is 12.0. The molecule has 0 unspecified atom stereocenters. The van der Waals surface area contributed by atoms with Crippen LogP contribution in [0.3, 0.4) is 0 Å². The highest BCUT2D eigenvalue weighted by molar-refractivity contribution is 5.78. The lowest BCUT2D eigenvalue weighted by Crippen LogP contribution is -2.27. The molecule has 2 aromatic rings. The van der Waals surface area contributed by atoms with Crippen molar-refractivity contribution >= 4 is 5.91 Å². The van der Waals surface area contributed by atoms with E-state index in [2.05, 4.69) is 5.32 Å². The summed E-state index contributed by atoms with van der Waals surface area (Å²) in [6.45, 7) is 5.17. The number of ether oxygens (including phenoxy) is 2. The van der Waals surface area contributed by atoms with Crippen molar-refractivity contribution in [1.29, 1.82) is 0 Å². The molecule has 4 nitrogen and oxygen atoms in total. The van der Waals surface area contributed by atoms with Gasteiger partial charge in [-0.05, 0) is 49.6 Å². The van der Waals surface area contributed by atoms with Gasteiger partial charge in [0, 0.05) is 6.54 Å². The molecule has 0 aliphatic carbocycles. The first-order chi connectivity index (χ1) is 12.6. The third kappa shape index (κ3) is 6.63. The van der Waals surface area contributed by atoms with Crippen LogP contribution < -0.4 is 14.8 Å². The summed E-state index contributed by atoms with van der Waals surface area (Å²) in [6.07, 6.45) is 3.17. The molecule has 0 spiro atoms. The van der Waals surface area contributed by atoms with Crippen molar-refractivity contribution in [1.82, 2.24) is 5.32 Å². The second kappa shape index (κ2) is 10.3. The molecule has 1 amide bonds. The van der Waals surface area contributed by atoms with Crippen LogP contribution in [0.15, 0.2) is 60.2 Å². The maximum absolute atomic E-state index is 12.0. The number of carbonyl (C=O) groups excluding carboxylic acids is 1. The topological polar surface area (TPSA) is 47.6 Å². The van der Waals surface area contributed by atoms with Crippen molar-refractivity contribution in [3.63, 3.8) is 0 Å². The summed E-state index contributed by atoms with van der Waals surface area (Å²) in [5.74, 6) is 1.46. The molecule has 0 heterocycles. The Morgan fingerprint density at radius 2 is 1.81 bits per heavy atom. The summed E-state index contributed by atoms with van der Waals surface area (Å²) in [5, 5.41) is 2.97. The monoisotopic (exact) mass is 353 g/mol. The zero-order valence-corrected chi connectivity index (χ0v) is 15.7. The van der Waals surface area contributed by atoms with E-state index in [-0.39, 0.29) is 5.91 Å². The molecular weight excluding hydrogens is 326 g/mol. The SMILES string of the molecule is COc1ccc(CCNC(=O)Cc2ccccc2)cc1OCC=C(C)C. The van der Waals surface area contributed by atoms with Gasteiger partial charge in [0.05, 0.1) is 13.5 Å². The van der Waals surface area contributed by atoms with Gasteiger partial charge in [-0.15, -0.1) is 0 Å². The van der Waals surface area contributed by atoms with Crippen LogP contribution in [0.1, 0.15) is 25.0 Å². The Labute approximate surface area is 155 Å². The molecule has 26 heavy (non-hydrogen) atoms. The van der Waals surface area contributed by atoms with Gasteiger partial charge in [-0.1, -0.05) is 42.0 Å². The van der Waals surface area contributed by atoms with Gasteiger partial charge in [-0.3, -0.25) is 4.79 Å². The van der Waals surface area contributed by atoms with E-state index in [1.54, 1.807) is 7.11 Å². The molecule has 0 aliphatic heterocycles. The van der Waals surface area contributed by atoms with Crippen LogP contribution in [-0.4, -0.2) is 26.2 Å². The number of carbonyl (C=O) groups is 1. The third-order valence-corrected chi connectivity index (χ3v) is 3.90. The lowest BCUT2D eigenvalue weighted by molar-refractivity contribution is -0.120. The standard InChI is InChI=1S/C22H27NO3/c1-17(2)12-14-26-21-15-19(9-10-20(21)25-3)11-13-23-22(24)16-18-7-5-4-6-8-18/h4-10,12,15H,11,13-14,16H2,1-3H3,(H,23,24). The number of benzene rings is 2. The minimum Gasteiger partial charge on any atom is -0.493 e. The van der Waals surface area contributed by atoms with Crippen LogP contribution in [0, 0.1) is 0 Å². The van der Waals surface area contributed by atoms with E-state index in [0.717, 1.165) is 23.3 Å². The fourth-order valence-electron chi connectivity index (χ4n) is 2.48. The van der Waals surface area contributed by atoms with Crippen molar-refractivity contribution in [2.75, 3.05) is 20.3 Å². The minimum atomic E-state index is 0.0322. The first kappa shape index (κ1) is 19.6. The summed E-state index contributed by atoms with van der Waals surface area (Å²) >= 11 is 0. The van der Waals surface area contributed by atoms with Gasteiger partial charge in [-0.25, -0.2) is 0 Å². The van der Waals surface area contributed by atoms with Crippen molar-refractivity contribution in [3.05, 3.63) is 71.3 Å². The number of hydrogen-bond donors (Lipinski definition) is 1. The minimum absolute atomic E-state index is 0.0322. The highest BCUT2D eigenvalue weighted by Crippen LogP contribution is 2.28. The first-order valence-electron chi connectivity index (χ1n) is 8.82. The molecule has 2 aromatic carbocycles. The van der Waals surface area contributed by atoms with E-state index in [1.165, 1.54) is 5.57 Å². The van der Waals surface area contributed by atoms with E-state index in [9.17, 15) is 4.79 Å². The highest BCUT2D eigenvalue weighted by Gasteiger charge is 2.07. The Bertz CT molecular complexity index is 734. The maximum Gasteiger partial charge on any atom is 0.224 e. The molecule has 0 saturated carbocycles. The fourth-order valence-corrected chi connectivity index (χ4v) is 2.48. The number of nitrogens with one attached hydrogen (secondary N) is 1. The van der Waals surface area contributed by atoms with Crippen LogP contribution >= 0.6 is 0 Å². The highest BCUT2D eigenvalue weighted by atomic mass is 16.5. The Kier molecular flexibility index (Phi) is 7.75. The van der Waals surface area contributed by atoms with Crippen LogP contribution in [0.2, 0.25) is 0 Å². The van der Waals surface area contributed by atoms with Crippen molar-refractivity contribution in [3.8, 4) is 11.5 Å². The number of rotatable bonds is 9. The number of hydrogen-bond acceptors (Lipinski definition) is 3. The normalized spacial score (nSPS) is 10.1. The zero-order valence-electron chi connectivity index (χ0n) is 15.7. The molecular formula is C22H27NO3. The van der Waals surface area contributed by atoms with Gasteiger partial charge in [0.2, 0.25) is 5.91 Å². The Morgan fingerprint density at radius 3 is 2.50 bits per heavy atom. The smallest absolute Gasteiger partial charge is 0.224 e. The summed E-state index contributed by atoms with van der Waals surface area (Å²) in [7, 11) is 1.63. The van der Waals surface area contributed by atoms with Gasteiger partial charge in [-0.2, -0.15) is 0 Å². The van der Waals surface area contributed by atoms with Crippen LogP contribution in [-0.2, 0) is 17.6 Å². The quantitative estimate of drug-likeness (QED) is 0.695. The number of allylic oxidation sites excluding steroid dienone is 1. The van der Waals surface area contributed by atoms with Gasteiger partial charge < -0.3 is 14.8 Å². The second-order valence-electron chi connectivity index (χ2n) is 6.34.